The molecule has 1 aromatic heterocycles. The average molecular weight is 402 g/mol. The maximum Gasteiger partial charge on any atom is 0.128 e. The lowest BCUT2D eigenvalue weighted by atomic mass is 9.96. The second kappa shape index (κ2) is 9.72. The number of benzene rings is 2. The van der Waals surface area contributed by atoms with Crippen LogP contribution in [-0.4, -0.2) is 39.5 Å². The highest BCUT2D eigenvalue weighted by molar-refractivity contribution is 5.56. The molecule has 0 saturated carbocycles. The predicted octanol–water partition coefficient (Wildman–Crippen LogP) is 4.11. The van der Waals surface area contributed by atoms with Crippen molar-refractivity contribution in [3.63, 3.8) is 0 Å². The molecule has 2 aromatic carbocycles. The van der Waals surface area contributed by atoms with Crippen LogP contribution in [0.4, 0.5) is 0 Å². The molecule has 30 heavy (non-hydrogen) atoms. The van der Waals surface area contributed by atoms with Gasteiger partial charge in [0.2, 0.25) is 0 Å². The van der Waals surface area contributed by atoms with E-state index >= 15 is 0 Å². The standard InChI is InChI=1S/C25H31N5/c1-20-8-10-24(11-9-20)19-30-27-17-25(28-30)21(2)26-16-22-12-14-29(15-13-22)18-23-6-4-3-5-7-23/h3-11,17,22,26H,2,12-16,18-19H2,1H3. The third kappa shape index (κ3) is 5.57. The van der Waals surface area contributed by atoms with E-state index in [1.165, 1.54) is 29.5 Å². The van der Waals surface area contributed by atoms with Gasteiger partial charge in [-0.3, -0.25) is 4.90 Å². The number of aryl methyl sites for hydroxylation is 1. The number of hydrogen-bond acceptors (Lipinski definition) is 4. The van der Waals surface area contributed by atoms with Gasteiger partial charge < -0.3 is 5.32 Å². The Hall–Kier alpha value is -2.92. The summed E-state index contributed by atoms with van der Waals surface area (Å²) in [6, 6.07) is 19.2. The van der Waals surface area contributed by atoms with Crippen LogP contribution in [-0.2, 0) is 13.1 Å². The van der Waals surface area contributed by atoms with Gasteiger partial charge in [0.15, 0.2) is 0 Å². The molecule has 5 nitrogen and oxygen atoms in total. The van der Waals surface area contributed by atoms with E-state index in [1.54, 1.807) is 11.0 Å². The summed E-state index contributed by atoms with van der Waals surface area (Å²) < 4.78 is 0. The van der Waals surface area contributed by atoms with E-state index in [4.69, 9.17) is 0 Å². The molecule has 0 radical (unpaired) electrons. The average Bonchev–Trinajstić information content (AvgIpc) is 3.24. The fourth-order valence-corrected chi connectivity index (χ4v) is 3.92. The number of likely N-dealkylation sites (tertiary alicyclic amines) is 1. The highest BCUT2D eigenvalue weighted by Gasteiger charge is 2.19. The Labute approximate surface area is 179 Å². The number of nitrogens with one attached hydrogen (secondary N) is 1. The Kier molecular flexibility index (Phi) is 6.60. The van der Waals surface area contributed by atoms with Crippen LogP contribution in [0.2, 0.25) is 0 Å². The van der Waals surface area contributed by atoms with Gasteiger partial charge >= 0.3 is 0 Å². The van der Waals surface area contributed by atoms with Gasteiger partial charge in [0, 0.05) is 13.1 Å². The van der Waals surface area contributed by atoms with Crippen LogP contribution in [0.15, 0.2) is 67.4 Å². The first-order valence-electron chi connectivity index (χ1n) is 10.8. The van der Waals surface area contributed by atoms with E-state index < -0.39 is 0 Å². The Morgan fingerprint density at radius 3 is 2.43 bits per heavy atom. The Bertz CT molecular complexity index is 937. The monoisotopic (exact) mass is 401 g/mol. The largest absolute Gasteiger partial charge is 0.383 e. The summed E-state index contributed by atoms with van der Waals surface area (Å²) in [6.07, 6.45) is 4.23. The highest BCUT2D eigenvalue weighted by Crippen LogP contribution is 2.19. The highest BCUT2D eigenvalue weighted by atomic mass is 15.5. The first-order chi connectivity index (χ1) is 14.7. The van der Waals surface area contributed by atoms with Crippen molar-refractivity contribution in [2.24, 2.45) is 5.92 Å². The molecule has 1 N–H and O–H groups in total. The summed E-state index contributed by atoms with van der Waals surface area (Å²) in [7, 11) is 0. The van der Waals surface area contributed by atoms with Gasteiger partial charge in [-0.2, -0.15) is 15.0 Å². The minimum atomic E-state index is 0.674. The van der Waals surface area contributed by atoms with E-state index in [9.17, 15) is 0 Å². The van der Waals surface area contributed by atoms with Crippen LogP contribution < -0.4 is 5.32 Å². The number of rotatable bonds is 8. The second-order valence-corrected chi connectivity index (χ2v) is 8.31. The van der Waals surface area contributed by atoms with Crippen molar-refractivity contribution in [1.82, 2.24) is 25.2 Å². The van der Waals surface area contributed by atoms with E-state index in [0.717, 1.165) is 37.6 Å². The van der Waals surface area contributed by atoms with Crippen LogP contribution >= 0.6 is 0 Å². The molecule has 5 heteroatoms. The maximum atomic E-state index is 4.59. The molecule has 1 saturated heterocycles. The van der Waals surface area contributed by atoms with Crippen molar-refractivity contribution in [2.75, 3.05) is 19.6 Å². The minimum absolute atomic E-state index is 0.674. The summed E-state index contributed by atoms with van der Waals surface area (Å²) in [4.78, 5) is 4.28. The van der Waals surface area contributed by atoms with E-state index in [1.807, 2.05) is 0 Å². The molecule has 3 aromatic rings. The van der Waals surface area contributed by atoms with Gasteiger partial charge in [0.05, 0.1) is 18.4 Å². The van der Waals surface area contributed by atoms with Crippen LogP contribution in [0.5, 0.6) is 0 Å². The third-order valence-electron chi connectivity index (χ3n) is 5.85. The first-order valence-corrected chi connectivity index (χ1v) is 10.8. The van der Waals surface area contributed by atoms with Crippen molar-refractivity contribution in [2.45, 2.75) is 32.9 Å². The maximum absolute atomic E-state index is 4.59. The minimum Gasteiger partial charge on any atom is -0.383 e. The van der Waals surface area contributed by atoms with Gasteiger partial charge in [-0.25, -0.2) is 0 Å². The third-order valence-corrected chi connectivity index (χ3v) is 5.85. The van der Waals surface area contributed by atoms with E-state index in [0.29, 0.717) is 12.5 Å². The number of nitrogens with zero attached hydrogens (tertiary/aromatic N) is 4. The smallest absolute Gasteiger partial charge is 0.128 e. The van der Waals surface area contributed by atoms with Crippen LogP contribution in [0, 0.1) is 12.8 Å². The molecule has 0 aliphatic carbocycles. The molecule has 4 rings (SSSR count). The molecule has 0 bridgehead atoms. The van der Waals surface area contributed by atoms with Gasteiger partial charge in [-0.05, 0) is 49.9 Å². The predicted molar refractivity (Wildman–Crippen MR) is 122 cm³/mol. The zero-order valence-electron chi connectivity index (χ0n) is 17.8. The van der Waals surface area contributed by atoms with Gasteiger partial charge in [0.1, 0.15) is 5.69 Å². The second-order valence-electron chi connectivity index (χ2n) is 8.31. The summed E-state index contributed by atoms with van der Waals surface area (Å²) in [5.74, 6) is 0.677. The first kappa shape index (κ1) is 20.4. The molecule has 1 aliphatic rings. The molecule has 1 aliphatic heterocycles. The summed E-state index contributed by atoms with van der Waals surface area (Å²) >= 11 is 0. The van der Waals surface area contributed by atoms with Gasteiger partial charge in [-0.15, -0.1) is 0 Å². The Balaban J connectivity index is 1.21. The molecular formula is C25H31N5. The lowest BCUT2D eigenvalue weighted by molar-refractivity contribution is 0.178. The molecule has 1 fully saturated rings. The van der Waals surface area contributed by atoms with Crippen molar-refractivity contribution < 1.29 is 0 Å². The summed E-state index contributed by atoms with van der Waals surface area (Å²) in [5.41, 5.74) is 5.54. The SMILES string of the molecule is C=C(NCC1CCN(Cc2ccccc2)CC1)c1cnn(Cc2ccc(C)cc2)n1. The normalized spacial score (nSPS) is 15.2. The number of aromatic nitrogens is 3. The molecule has 156 valence electrons. The topological polar surface area (TPSA) is 46.0 Å². The zero-order valence-corrected chi connectivity index (χ0v) is 17.8. The molecule has 2 heterocycles. The fourth-order valence-electron chi connectivity index (χ4n) is 3.92. The number of piperidine rings is 1. The van der Waals surface area contributed by atoms with Crippen LogP contribution in [0.25, 0.3) is 5.70 Å². The van der Waals surface area contributed by atoms with E-state index in [2.05, 4.69) is 88.5 Å². The van der Waals surface area contributed by atoms with Crippen LogP contribution in [0.3, 0.4) is 0 Å². The Morgan fingerprint density at radius 2 is 1.70 bits per heavy atom. The molecule has 0 spiro atoms. The summed E-state index contributed by atoms with van der Waals surface area (Å²) in [5, 5.41) is 12.5. The van der Waals surface area contributed by atoms with Gasteiger partial charge in [-0.1, -0.05) is 66.7 Å². The van der Waals surface area contributed by atoms with Gasteiger partial charge in [0.25, 0.3) is 0 Å². The molecule has 0 amide bonds. The van der Waals surface area contributed by atoms with Crippen molar-refractivity contribution in [1.29, 1.82) is 0 Å². The van der Waals surface area contributed by atoms with Crippen molar-refractivity contribution in [3.05, 3.63) is 89.8 Å². The molecule has 0 atom stereocenters. The summed E-state index contributed by atoms with van der Waals surface area (Å²) in [6.45, 7) is 11.2. The number of hydrogen-bond donors (Lipinski definition) is 1. The molecule has 0 unspecified atom stereocenters. The zero-order chi connectivity index (χ0) is 20.8. The van der Waals surface area contributed by atoms with Crippen molar-refractivity contribution >= 4 is 5.70 Å². The lowest BCUT2D eigenvalue weighted by Crippen LogP contribution is -2.36. The quantitative estimate of drug-likeness (QED) is 0.617. The van der Waals surface area contributed by atoms with Crippen LogP contribution in [0.1, 0.15) is 35.2 Å². The van der Waals surface area contributed by atoms with Crippen molar-refractivity contribution in [3.8, 4) is 0 Å². The van der Waals surface area contributed by atoms with E-state index in [-0.39, 0.29) is 0 Å². The fraction of sp³-hybridized carbons (Fsp3) is 0.360. The molecular weight excluding hydrogens is 370 g/mol. The lowest BCUT2D eigenvalue weighted by Gasteiger charge is -2.32. The Morgan fingerprint density at radius 1 is 1.00 bits per heavy atom.